The molecule has 0 saturated heterocycles. The fourth-order valence-electron chi connectivity index (χ4n) is 1.58. The second kappa shape index (κ2) is 3.08. The molecule has 0 aliphatic heterocycles. The van der Waals surface area contributed by atoms with Gasteiger partial charge in [0.15, 0.2) is 19.5 Å². The number of nitrogens with two attached hydrogens (primary N) is 1. The molecule has 1 aromatic carbocycles. The summed E-state index contributed by atoms with van der Waals surface area (Å²) in [5.41, 5.74) is 2.01. The van der Waals surface area contributed by atoms with Gasteiger partial charge in [0.1, 0.15) is 0 Å². The summed E-state index contributed by atoms with van der Waals surface area (Å²) >= 11 is 1.02. The highest BCUT2D eigenvalue weighted by atomic mass is 32.2. The number of H-pyrrole nitrogens is 1. The van der Waals surface area contributed by atoms with Crippen molar-refractivity contribution in [2.24, 2.45) is 5.14 Å². The zero-order valence-corrected chi connectivity index (χ0v) is 9.59. The van der Waals surface area contributed by atoms with Crippen molar-refractivity contribution in [3.63, 3.8) is 0 Å². The Labute approximate surface area is 94.4 Å². The van der Waals surface area contributed by atoms with Crippen LogP contribution in [0.25, 0.3) is 16.7 Å². The number of hydrogen-bond donors (Lipinski definition) is 3. The molecule has 2 aromatic heterocycles. The molecule has 0 radical (unpaired) electrons. The van der Waals surface area contributed by atoms with Crippen LogP contribution in [0.15, 0.2) is 24.3 Å². The van der Waals surface area contributed by atoms with Crippen molar-refractivity contribution in [3.8, 4) is 0 Å². The van der Waals surface area contributed by atoms with E-state index in [0.29, 0.717) is 5.65 Å². The Bertz CT molecular complexity index is 826. The van der Waals surface area contributed by atoms with Crippen LogP contribution in [0, 0.1) is 3.82 Å². The normalized spacial score (nSPS) is 15.6. The molecule has 0 aliphatic rings. The smallest absolute Gasteiger partial charge is 0.184 e. The average Bonchev–Trinajstić information content (AvgIpc) is 2.73. The first kappa shape index (κ1) is 9.85. The number of para-hydroxylation sites is 2. The minimum absolute atomic E-state index is 0.156. The summed E-state index contributed by atoms with van der Waals surface area (Å²) in [6, 6.07) is 7.44. The van der Waals surface area contributed by atoms with Crippen LogP contribution in [0.4, 0.5) is 0 Å². The molecule has 0 amide bonds. The molecule has 0 bridgehead atoms. The summed E-state index contributed by atoms with van der Waals surface area (Å²) < 4.78 is 25.5. The van der Waals surface area contributed by atoms with Gasteiger partial charge < -0.3 is 4.55 Å². The molecule has 0 saturated carbocycles. The predicted octanol–water partition coefficient (Wildman–Crippen LogP) is 1.04. The minimum atomic E-state index is -3.48. The number of imidazole rings is 1. The van der Waals surface area contributed by atoms with Gasteiger partial charge in [0, 0.05) is 0 Å². The lowest BCUT2D eigenvalue weighted by molar-refractivity contribution is 0.558. The highest BCUT2D eigenvalue weighted by Gasteiger charge is 2.10. The molecule has 0 spiro atoms. The number of aromatic amines is 1. The molecule has 8 heteroatoms. The van der Waals surface area contributed by atoms with E-state index >= 15 is 0 Å². The monoisotopic (exact) mass is 256 g/mol. The van der Waals surface area contributed by atoms with Crippen LogP contribution in [-0.4, -0.2) is 22.7 Å². The molecule has 3 rings (SSSR count). The van der Waals surface area contributed by atoms with E-state index in [4.69, 9.17) is 5.14 Å². The number of fused-ring (bicyclic) bond motifs is 3. The maximum atomic E-state index is 11.4. The number of benzene rings is 1. The van der Waals surface area contributed by atoms with Crippen LogP contribution in [-0.2, 0) is 9.99 Å². The summed E-state index contributed by atoms with van der Waals surface area (Å²) in [4.78, 5) is 4.26. The van der Waals surface area contributed by atoms with Gasteiger partial charge in [-0.25, -0.2) is 23.3 Å². The minimum Gasteiger partial charge on any atom is -0.301 e. The van der Waals surface area contributed by atoms with E-state index in [1.165, 1.54) is 0 Å². The Morgan fingerprint density at radius 3 is 3.00 bits per heavy atom. The number of aromatic nitrogens is 3. The van der Waals surface area contributed by atoms with E-state index in [1.807, 2.05) is 24.3 Å². The van der Waals surface area contributed by atoms with Crippen molar-refractivity contribution in [2.75, 3.05) is 0 Å². The molecule has 1 atom stereocenters. The molecular weight excluding hydrogens is 248 g/mol. The Morgan fingerprint density at radius 2 is 2.25 bits per heavy atom. The molecule has 1 unspecified atom stereocenters. The summed E-state index contributed by atoms with van der Waals surface area (Å²) in [5.74, 6) is 0. The molecule has 0 aliphatic carbocycles. The van der Waals surface area contributed by atoms with Gasteiger partial charge in [0.2, 0.25) is 0 Å². The second-order valence-corrected chi connectivity index (χ2v) is 5.91. The highest BCUT2D eigenvalue weighted by molar-refractivity contribution is 7.89. The third-order valence-corrected chi connectivity index (χ3v) is 4.56. The van der Waals surface area contributed by atoms with E-state index in [9.17, 15) is 8.76 Å². The van der Waals surface area contributed by atoms with Gasteiger partial charge in [0.05, 0.1) is 11.0 Å². The number of nitrogens with zero attached hydrogens (tertiary/aromatic N) is 2. The van der Waals surface area contributed by atoms with Crippen molar-refractivity contribution in [3.05, 3.63) is 28.1 Å². The zero-order valence-electron chi connectivity index (χ0n) is 7.95. The topological polar surface area (TPSA) is 96.4 Å². The summed E-state index contributed by atoms with van der Waals surface area (Å²) in [5, 5.41) is 5.21. The van der Waals surface area contributed by atoms with Crippen LogP contribution in [0.2, 0.25) is 0 Å². The quantitative estimate of drug-likeness (QED) is 0.524. The summed E-state index contributed by atoms with van der Waals surface area (Å²) in [6.45, 7) is 0. The van der Waals surface area contributed by atoms with Crippen molar-refractivity contribution in [2.45, 2.75) is 0 Å². The van der Waals surface area contributed by atoms with E-state index in [2.05, 4.69) is 9.47 Å². The van der Waals surface area contributed by atoms with Gasteiger partial charge in [-0.05, 0) is 23.7 Å². The molecule has 16 heavy (non-hydrogen) atoms. The van der Waals surface area contributed by atoms with Crippen molar-refractivity contribution < 1.29 is 8.76 Å². The number of hydrogen-bond acceptors (Lipinski definition) is 3. The summed E-state index contributed by atoms with van der Waals surface area (Å²) in [6.07, 6.45) is 0. The lowest BCUT2D eigenvalue weighted by atomic mass is 10.3. The zero-order chi connectivity index (χ0) is 11.3. The van der Waals surface area contributed by atoms with Crippen molar-refractivity contribution in [1.29, 1.82) is 0 Å². The molecule has 4 N–H and O–H groups in total. The first-order valence-electron chi connectivity index (χ1n) is 4.39. The molecule has 3 aromatic rings. The van der Waals surface area contributed by atoms with Crippen LogP contribution in [0.1, 0.15) is 0 Å². The fourth-order valence-corrected chi connectivity index (χ4v) is 3.15. The van der Waals surface area contributed by atoms with Gasteiger partial charge in [-0.1, -0.05) is 12.1 Å². The number of rotatable bonds is 0. The standard InChI is InChI=1S/C8H8N4O2S2/c9-16(13,14)8-7-10-5-3-1-2-4-6(5)12(7)11-15-8/h1-4,11H,(H3,9,13,14). The van der Waals surface area contributed by atoms with Crippen LogP contribution in [0.5, 0.6) is 0 Å². The second-order valence-electron chi connectivity index (χ2n) is 3.31. The Hall–Kier alpha value is -1.35. The largest absolute Gasteiger partial charge is 0.301 e. The van der Waals surface area contributed by atoms with E-state index < -0.39 is 9.99 Å². The highest BCUT2D eigenvalue weighted by Crippen LogP contribution is 2.18. The molecule has 6 nitrogen and oxygen atoms in total. The van der Waals surface area contributed by atoms with E-state index in [1.54, 1.807) is 4.52 Å². The molecule has 84 valence electrons. The van der Waals surface area contributed by atoms with Gasteiger partial charge >= 0.3 is 0 Å². The van der Waals surface area contributed by atoms with Crippen molar-refractivity contribution >= 4 is 38.2 Å². The van der Waals surface area contributed by atoms with Crippen molar-refractivity contribution in [1.82, 2.24) is 14.0 Å². The van der Waals surface area contributed by atoms with Gasteiger partial charge in [-0.2, -0.15) is 0 Å². The third-order valence-electron chi connectivity index (χ3n) is 2.24. The van der Waals surface area contributed by atoms with Crippen LogP contribution < -0.4 is 5.14 Å². The fraction of sp³-hybridized carbons (Fsp3) is 0. The Kier molecular flexibility index (Phi) is 1.89. The Morgan fingerprint density at radius 1 is 1.50 bits per heavy atom. The van der Waals surface area contributed by atoms with Crippen LogP contribution in [0.3, 0.4) is 0 Å². The first-order valence-corrected chi connectivity index (χ1v) is 6.79. The average molecular weight is 256 g/mol. The summed E-state index contributed by atoms with van der Waals surface area (Å²) in [7, 11) is -3.48. The van der Waals surface area contributed by atoms with Gasteiger partial charge in [-0.3, -0.25) is 0 Å². The number of nitrogens with one attached hydrogen (secondary N) is 1. The van der Waals surface area contributed by atoms with Gasteiger partial charge in [0.25, 0.3) is 0 Å². The third kappa shape index (κ3) is 1.28. The SMILES string of the molecule is NS(=O)(O)=c1s[nH]n2c1nc1ccccc12. The Balaban J connectivity index is 2.69. The predicted molar refractivity (Wildman–Crippen MR) is 63.1 cm³/mol. The van der Waals surface area contributed by atoms with Crippen LogP contribution >= 0.6 is 11.5 Å². The lowest BCUT2D eigenvalue weighted by Gasteiger charge is -1.86. The maximum Gasteiger partial charge on any atom is 0.184 e. The first-order chi connectivity index (χ1) is 7.57. The van der Waals surface area contributed by atoms with E-state index in [-0.39, 0.29) is 3.82 Å². The molecule has 0 fully saturated rings. The lowest BCUT2D eigenvalue weighted by Crippen LogP contribution is -2.10. The maximum absolute atomic E-state index is 11.4. The van der Waals surface area contributed by atoms with Gasteiger partial charge in [-0.15, -0.1) is 0 Å². The van der Waals surface area contributed by atoms with E-state index in [0.717, 1.165) is 22.6 Å². The molecular formula is C8H8N4O2S2. The molecule has 2 heterocycles.